The van der Waals surface area contributed by atoms with Crippen LogP contribution in [0.15, 0.2) is 65.3 Å². The molecule has 2 heterocycles. The molecule has 9 heteroatoms. The van der Waals surface area contributed by atoms with Gasteiger partial charge in [0, 0.05) is 29.5 Å². The quantitative estimate of drug-likeness (QED) is 0.443. The second-order valence-corrected chi connectivity index (χ2v) is 7.23. The Hall–Kier alpha value is -3.65. The molecule has 0 bridgehead atoms. The molecule has 0 atom stereocenters. The van der Waals surface area contributed by atoms with Gasteiger partial charge in [0.05, 0.1) is 19.9 Å². The molecule has 0 fully saturated rings. The molecule has 1 amide bonds. The van der Waals surface area contributed by atoms with Crippen LogP contribution in [0, 0.1) is 0 Å². The fourth-order valence-corrected chi connectivity index (χ4v) is 3.09. The second-order valence-electron chi connectivity index (χ2n) is 6.79. The van der Waals surface area contributed by atoms with Crippen LogP contribution in [0.1, 0.15) is 17.9 Å². The number of rotatable bonds is 8. The number of benzene rings is 2. The van der Waals surface area contributed by atoms with E-state index < -0.39 is 0 Å². The van der Waals surface area contributed by atoms with Crippen molar-refractivity contribution in [2.24, 2.45) is 0 Å². The van der Waals surface area contributed by atoms with Gasteiger partial charge >= 0.3 is 0 Å². The van der Waals surface area contributed by atoms with Crippen LogP contribution in [0.3, 0.4) is 0 Å². The minimum atomic E-state index is -0.165. The van der Waals surface area contributed by atoms with Crippen LogP contribution in [0.25, 0.3) is 11.4 Å². The molecular formula is C22H20ClN5O3. The zero-order valence-corrected chi connectivity index (χ0v) is 17.5. The molecule has 2 aromatic carbocycles. The van der Waals surface area contributed by atoms with Crippen molar-refractivity contribution in [1.29, 1.82) is 0 Å². The molecule has 4 rings (SSSR count). The third-order valence-electron chi connectivity index (χ3n) is 4.61. The van der Waals surface area contributed by atoms with Crippen LogP contribution >= 0.6 is 11.6 Å². The number of anilines is 1. The molecular weight excluding hydrogens is 418 g/mol. The number of carbonyl (C=O) groups excluding carboxylic acids is 1. The predicted molar refractivity (Wildman–Crippen MR) is 116 cm³/mol. The molecule has 0 aliphatic carbocycles. The van der Waals surface area contributed by atoms with Crippen molar-refractivity contribution < 1.29 is 14.1 Å². The van der Waals surface area contributed by atoms with Gasteiger partial charge in [0.1, 0.15) is 11.6 Å². The summed E-state index contributed by atoms with van der Waals surface area (Å²) >= 11 is 5.93. The highest BCUT2D eigenvalue weighted by Crippen LogP contribution is 2.20. The molecule has 1 N–H and O–H groups in total. The average Bonchev–Trinajstić information content (AvgIpc) is 3.44. The van der Waals surface area contributed by atoms with Crippen molar-refractivity contribution in [3.05, 3.63) is 77.3 Å². The van der Waals surface area contributed by atoms with Crippen LogP contribution in [0.5, 0.6) is 5.75 Å². The summed E-state index contributed by atoms with van der Waals surface area (Å²) in [5.41, 5.74) is 1.84. The molecule has 8 nitrogen and oxygen atoms in total. The van der Waals surface area contributed by atoms with E-state index in [2.05, 4.69) is 20.6 Å². The summed E-state index contributed by atoms with van der Waals surface area (Å²) < 4.78 is 12.1. The first-order chi connectivity index (χ1) is 15.1. The van der Waals surface area contributed by atoms with Gasteiger partial charge in [-0.1, -0.05) is 28.9 Å². The van der Waals surface area contributed by atoms with Gasteiger partial charge in [0.25, 0.3) is 0 Å². The minimum absolute atomic E-state index is 0.165. The van der Waals surface area contributed by atoms with Gasteiger partial charge in [-0.3, -0.25) is 4.79 Å². The number of aryl methyl sites for hydroxylation is 1. The van der Waals surface area contributed by atoms with E-state index in [1.54, 1.807) is 24.1 Å². The zero-order valence-electron chi connectivity index (χ0n) is 16.8. The van der Waals surface area contributed by atoms with Gasteiger partial charge in [0.2, 0.25) is 17.6 Å². The molecule has 158 valence electrons. The lowest BCUT2D eigenvalue weighted by Gasteiger charge is -2.09. The van der Waals surface area contributed by atoms with E-state index in [0.717, 1.165) is 16.9 Å². The molecule has 0 radical (unpaired) electrons. The van der Waals surface area contributed by atoms with E-state index in [-0.39, 0.29) is 12.3 Å². The Morgan fingerprint density at radius 3 is 2.65 bits per heavy atom. The van der Waals surface area contributed by atoms with Crippen molar-refractivity contribution in [2.75, 3.05) is 12.4 Å². The number of ether oxygens (including phenoxy) is 1. The smallest absolute Gasteiger partial charge is 0.227 e. The molecule has 2 aromatic heterocycles. The number of carbonyl (C=O) groups is 1. The van der Waals surface area contributed by atoms with Gasteiger partial charge in [-0.25, -0.2) is 4.68 Å². The van der Waals surface area contributed by atoms with E-state index in [0.29, 0.717) is 35.5 Å². The molecule has 0 saturated carbocycles. The second kappa shape index (κ2) is 9.44. The fourth-order valence-electron chi connectivity index (χ4n) is 2.97. The Labute approximate surface area is 183 Å². The molecule has 0 spiro atoms. The Bertz CT molecular complexity index is 1150. The maximum absolute atomic E-state index is 12.4. The maximum Gasteiger partial charge on any atom is 0.227 e. The van der Waals surface area contributed by atoms with Gasteiger partial charge in [-0.05, 0) is 42.0 Å². The Kier molecular flexibility index (Phi) is 6.28. The summed E-state index contributed by atoms with van der Waals surface area (Å²) in [5.74, 6) is 2.07. The first kappa shape index (κ1) is 20.6. The minimum Gasteiger partial charge on any atom is -0.497 e. The van der Waals surface area contributed by atoms with E-state index in [1.807, 2.05) is 48.5 Å². The zero-order chi connectivity index (χ0) is 21.6. The van der Waals surface area contributed by atoms with E-state index >= 15 is 0 Å². The van der Waals surface area contributed by atoms with Gasteiger partial charge < -0.3 is 14.6 Å². The van der Waals surface area contributed by atoms with Crippen molar-refractivity contribution in [1.82, 2.24) is 19.9 Å². The first-order valence-electron chi connectivity index (χ1n) is 9.64. The molecule has 31 heavy (non-hydrogen) atoms. The largest absolute Gasteiger partial charge is 0.497 e. The summed E-state index contributed by atoms with van der Waals surface area (Å²) in [7, 11) is 1.61. The summed E-state index contributed by atoms with van der Waals surface area (Å²) in [6.45, 7) is 0.522. The number of halogens is 1. The number of aromatic nitrogens is 4. The van der Waals surface area contributed by atoms with Gasteiger partial charge in [-0.2, -0.15) is 10.1 Å². The van der Waals surface area contributed by atoms with Crippen LogP contribution < -0.4 is 10.1 Å². The Morgan fingerprint density at radius 1 is 1.13 bits per heavy atom. The van der Waals surface area contributed by atoms with Crippen LogP contribution in [0.2, 0.25) is 5.02 Å². The predicted octanol–water partition coefficient (Wildman–Crippen LogP) is 4.21. The summed E-state index contributed by atoms with van der Waals surface area (Å²) in [6, 6.07) is 16.6. The normalized spacial score (nSPS) is 10.8. The van der Waals surface area contributed by atoms with Crippen LogP contribution in [-0.4, -0.2) is 32.9 Å². The summed E-state index contributed by atoms with van der Waals surface area (Å²) in [4.78, 5) is 16.8. The SMILES string of the molecule is COc1ccc(-c2noc(CCC(=O)Nc3ccnn3Cc3ccc(Cl)cc3)n2)cc1. The molecule has 0 unspecified atom stereocenters. The number of hydrogen-bond donors (Lipinski definition) is 1. The number of methoxy groups -OCH3 is 1. The lowest BCUT2D eigenvalue weighted by molar-refractivity contribution is -0.116. The Morgan fingerprint density at radius 2 is 1.90 bits per heavy atom. The standard InChI is InChI=1S/C22H20ClN5O3/c1-30-18-8-4-16(5-9-18)22-26-21(31-27-22)11-10-20(29)25-19-12-13-24-28(19)14-15-2-6-17(23)7-3-15/h2-9,12-13H,10-11,14H2,1H3,(H,25,29). The van der Waals surface area contributed by atoms with Crippen molar-refractivity contribution >= 4 is 23.3 Å². The number of amides is 1. The summed E-state index contributed by atoms with van der Waals surface area (Å²) in [6.07, 6.45) is 2.18. The van der Waals surface area contributed by atoms with E-state index in [1.165, 1.54) is 0 Å². The number of hydrogen-bond acceptors (Lipinski definition) is 6. The lowest BCUT2D eigenvalue weighted by atomic mass is 10.2. The summed E-state index contributed by atoms with van der Waals surface area (Å²) in [5, 5.41) is 11.8. The number of nitrogens with zero attached hydrogens (tertiary/aromatic N) is 4. The first-order valence-corrected chi connectivity index (χ1v) is 10.0. The lowest BCUT2D eigenvalue weighted by Crippen LogP contribution is -2.16. The van der Waals surface area contributed by atoms with Crippen LogP contribution in [-0.2, 0) is 17.8 Å². The number of nitrogens with one attached hydrogen (secondary N) is 1. The fraction of sp³-hybridized carbons (Fsp3) is 0.182. The van der Waals surface area contributed by atoms with Gasteiger partial charge in [-0.15, -0.1) is 0 Å². The third kappa shape index (κ3) is 5.29. The molecule has 0 aliphatic rings. The van der Waals surface area contributed by atoms with Crippen molar-refractivity contribution in [3.8, 4) is 17.1 Å². The molecule has 4 aromatic rings. The molecule has 0 aliphatic heterocycles. The van der Waals surface area contributed by atoms with E-state index in [4.69, 9.17) is 20.9 Å². The molecule has 0 saturated heterocycles. The van der Waals surface area contributed by atoms with E-state index in [9.17, 15) is 4.79 Å². The van der Waals surface area contributed by atoms with Crippen LogP contribution in [0.4, 0.5) is 5.82 Å². The Balaban J connectivity index is 1.32. The topological polar surface area (TPSA) is 95.1 Å². The van der Waals surface area contributed by atoms with Gasteiger partial charge in [0.15, 0.2) is 0 Å². The average molecular weight is 438 g/mol. The highest BCUT2D eigenvalue weighted by molar-refractivity contribution is 6.30. The highest BCUT2D eigenvalue weighted by atomic mass is 35.5. The van der Waals surface area contributed by atoms with Crippen molar-refractivity contribution in [3.63, 3.8) is 0 Å². The monoisotopic (exact) mass is 437 g/mol. The maximum atomic E-state index is 12.4. The van der Waals surface area contributed by atoms with Crippen molar-refractivity contribution in [2.45, 2.75) is 19.4 Å². The third-order valence-corrected chi connectivity index (χ3v) is 4.86. The highest BCUT2D eigenvalue weighted by Gasteiger charge is 2.13.